The summed E-state index contributed by atoms with van der Waals surface area (Å²) in [4.78, 5) is 25.4. The van der Waals surface area contributed by atoms with Gasteiger partial charge in [0.15, 0.2) is 11.0 Å². The van der Waals surface area contributed by atoms with Gasteiger partial charge in [0.05, 0.1) is 35.7 Å². The Morgan fingerprint density at radius 1 is 1.03 bits per heavy atom. The van der Waals surface area contributed by atoms with Gasteiger partial charge in [-0.3, -0.25) is 14.2 Å². The number of rotatable bonds is 9. The van der Waals surface area contributed by atoms with Gasteiger partial charge in [0.25, 0.3) is 5.91 Å². The molecule has 2 N–H and O–H groups in total. The van der Waals surface area contributed by atoms with Gasteiger partial charge in [0.1, 0.15) is 5.75 Å². The van der Waals surface area contributed by atoms with E-state index in [9.17, 15) is 9.59 Å². The van der Waals surface area contributed by atoms with E-state index < -0.39 is 0 Å². The third-order valence-electron chi connectivity index (χ3n) is 5.24. The van der Waals surface area contributed by atoms with E-state index in [1.54, 1.807) is 23.8 Å². The van der Waals surface area contributed by atoms with Crippen LogP contribution in [0.5, 0.6) is 5.75 Å². The molecule has 8 nitrogen and oxygen atoms in total. The first-order valence-electron chi connectivity index (χ1n) is 11.2. The van der Waals surface area contributed by atoms with E-state index in [-0.39, 0.29) is 34.7 Å². The summed E-state index contributed by atoms with van der Waals surface area (Å²) in [5.74, 6) is 0.570. The molecule has 0 spiro atoms. The molecule has 0 aliphatic rings. The van der Waals surface area contributed by atoms with Crippen molar-refractivity contribution >= 4 is 52.5 Å². The number of methoxy groups -OCH3 is 1. The van der Waals surface area contributed by atoms with Crippen LogP contribution in [0.2, 0.25) is 10.0 Å². The molecule has 0 aliphatic heterocycles. The normalized spacial score (nSPS) is 10.7. The first kappa shape index (κ1) is 26.5. The van der Waals surface area contributed by atoms with Crippen LogP contribution in [0.25, 0.3) is 5.69 Å². The Kier molecular flexibility index (Phi) is 8.70. The van der Waals surface area contributed by atoms with Crippen LogP contribution < -0.4 is 15.4 Å². The second kappa shape index (κ2) is 12.1. The maximum Gasteiger partial charge on any atom is 0.253 e. The van der Waals surface area contributed by atoms with Gasteiger partial charge in [-0.15, -0.1) is 10.2 Å². The summed E-state index contributed by atoms with van der Waals surface area (Å²) in [6.07, 6.45) is 0. The molecule has 11 heteroatoms. The van der Waals surface area contributed by atoms with E-state index in [0.717, 1.165) is 11.3 Å². The van der Waals surface area contributed by atoms with E-state index in [1.807, 2.05) is 55.5 Å². The zero-order valence-electron chi connectivity index (χ0n) is 20.0. The van der Waals surface area contributed by atoms with Crippen molar-refractivity contribution in [2.45, 2.75) is 18.6 Å². The smallest absolute Gasteiger partial charge is 0.253 e. The number of ether oxygens (including phenoxy) is 1. The molecule has 0 bridgehead atoms. The molecule has 0 radical (unpaired) electrons. The molecular formula is C26H23Cl2N5O3S. The zero-order chi connectivity index (χ0) is 26.4. The Morgan fingerprint density at radius 2 is 1.84 bits per heavy atom. The highest BCUT2D eigenvalue weighted by Gasteiger charge is 2.20. The summed E-state index contributed by atoms with van der Waals surface area (Å²) >= 11 is 13.3. The van der Waals surface area contributed by atoms with Crippen molar-refractivity contribution in [3.63, 3.8) is 0 Å². The number of thioether (sulfide) groups is 1. The van der Waals surface area contributed by atoms with Crippen molar-refractivity contribution < 1.29 is 14.3 Å². The highest BCUT2D eigenvalue weighted by molar-refractivity contribution is 7.99. The quantitative estimate of drug-likeness (QED) is 0.262. The molecule has 0 aliphatic carbocycles. The molecule has 0 saturated heterocycles. The number of benzene rings is 3. The summed E-state index contributed by atoms with van der Waals surface area (Å²) in [6.45, 7) is 2.01. The summed E-state index contributed by atoms with van der Waals surface area (Å²) in [5.41, 5.74) is 2.73. The van der Waals surface area contributed by atoms with E-state index in [1.165, 1.54) is 17.8 Å². The molecule has 37 heavy (non-hydrogen) atoms. The lowest BCUT2D eigenvalue weighted by Gasteiger charge is -2.14. The first-order valence-corrected chi connectivity index (χ1v) is 12.9. The van der Waals surface area contributed by atoms with Crippen molar-refractivity contribution in [3.8, 4) is 11.4 Å². The van der Waals surface area contributed by atoms with Gasteiger partial charge in [0, 0.05) is 10.7 Å². The number of amides is 2. The van der Waals surface area contributed by atoms with Crippen molar-refractivity contribution in [2.24, 2.45) is 0 Å². The van der Waals surface area contributed by atoms with Crippen LogP contribution in [-0.4, -0.2) is 39.4 Å². The fourth-order valence-electron chi connectivity index (χ4n) is 3.54. The summed E-state index contributed by atoms with van der Waals surface area (Å²) < 4.78 is 7.29. The van der Waals surface area contributed by atoms with Crippen molar-refractivity contribution in [3.05, 3.63) is 93.7 Å². The maximum atomic E-state index is 12.8. The first-order chi connectivity index (χ1) is 17.9. The predicted molar refractivity (Wildman–Crippen MR) is 146 cm³/mol. The number of nitrogens with one attached hydrogen (secondary N) is 2. The van der Waals surface area contributed by atoms with Crippen LogP contribution in [0.4, 0.5) is 5.69 Å². The van der Waals surface area contributed by atoms with Crippen molar-refractivity contribution in [1.82, 2.24) is 20.1 Å². The standard InChI is InChI=1S/C26H23Cl2N5O3S/c1-16-6-5-7-18(12-16)30-24(34)15-37-26-32-31-23(33(26)21-8-3-4-9-22(21)36-2)14-29-25(35)19-11-10-17(27)13-20(19)28/h3-13H,14-15H2,1-2H3,(H,29,35)(H,30,34). The topological polar surface area (TPSA) is 98.1 Å². The predicted octanol–water partition coefficient (Wildman–Crippen LogP) is 5.55. The highest BCUT2D eigenvalue weighted by Crippen LogP contribution is 2.29. The third-order valence-corrected chi connectivity index (χ3v) is 6.72. The molecule has 190 valence electrons. The third kappa shape index (κ3) is 6.62. The number of carbonyl (C=O) groups is 2. The highest BCUT2D eigenvalue weighted by atomic mass is 35.5. The lowest BCUT2D eigenvalue weighted by atomic mass is 10.2. The minimum absolute atomic E-state index is 0.0545. The average molecular weight is 556 g/mol. The second-order valence-electron chi connectivity index (χ2n) is 7.92. The van der Waals surface area contributed by atoms with E-state index in [4.69, 9.17) is 27.9 Å². The van der Waals surface area contributed by atoms with Gasteiger partial charge in [-0.1, -0.05) is 59.2 Å². The average Bonchev–Trinajstić information content (AvgIpc) is 3.28. The minimum atomic E-state index is -0.386. The van der Waals surface area contributed by atoms with Crippen LogP contribution in [0.3, 0.4) is 0 Å². The number of aromatic nitrogens is 3. The molecular weight excluding hydrogens is 533 g/mol. The molecule has 0 fully saturated rings. The van der Waals surface area contributed by atoms with E-state index in [2.05, 4.69) is 20.8 Å². The van der Waals surface area contributed by atoms with Gasteiger partial charge in [0.2, 0.25) is 5.91 Å². The number of hydrogen-bond acceptors (Lipinski definition) is 6. The summed E-state index contributed by atoms with van der Waals surface area (Å²) in [6, 6.07) is 19.6. The van der Waals surface area contributed by atoms with Gasteiger partial charge in [-0.05, 0) is 55.0 Å². The molecule has 2 amide bonds. The molecule has 4 rings (SSSR count). The molecule has 0 unspecified atom stereocenters. The molecule has 1 heterocycles. The van der Waals surface area contributed by atoms with E-state index in [0.29, 0.717) is 27.4 Å². The minimum Gasteiger partial charge on any atom is -0.495 e. The van der Waals surface area contributed by atoms with E-state index >= 15 is 0 Å². The molecule has 0 saturated carbocycles. The van der Waals surface area contributed by atoms with Crippen LogP contribution in [-0.2, 0) is 11.3 Å². The van der Waals surface area contributed by atoms with Crippen LogP contribution in [0, 0.1) is 6.92 Å². The molecule has 4 aromatic rings. The largest absolute Gasteiger partial charge is 0.495 e. The monoisotopic (exact) mass is 555 g/mol. The molecule has 3 aromatic carbocycles. The summed E-state index contributed by atoms with van der Waals surface area (Å²) in [5, 5.41) is 15.4. The Bertz CT molecular complexity index is 1440. The lowest BCUT2D eigenvalue weighted by Crippen LogP contribution is -2.25. The van der Waals surface area contributed by atoms with Crippen LogP contribution in [0.15, 0.2) is 71.9 Å². The number of anilines is 1. The molecule has 1 aromatic heterocycles. The number of carbonyl (C=O) groups excluding carboxylic acids is 2. The van der Waals surface area contributed by atoms with Crippen LogP contribution in [0.1, 0.15) is 21.7 Å². The van der Waals surface area contributed by atoms with Gasteiger partial charge in [-0.2, -0.15) is 0 Å². The van der Waals surface area contributed by atoms with Crippen molar-refractivity contribution in [1.29, 1.82) is 0 Å². The van der Waals surface area contributed by atoms with Gasteiger partial charge >= 0.3 is 0 Å². The Hall–Kier alpha value is -3.53. The Labute approximate surface area is 228 Å². The number of hydrogen-bond donors (Lipinski definition) is 2. The number of aryl methyl sites for hydroxylation is 1. The number of para-hydroxylation sites is 2. The zero-order valence-corrected chi connectivity index (χ0v) is 22.3. The van der Waals surface area contributed by atoms with Crippen LogP contribution >= 0.6 is 35.0 Å². The van der Waals surface area contributed by atoms with Gasteiger partial charge < -0.3 is 15.4 Å². The maximum absolute atomic E-state index is 12.8. The Balaban J connectivity index is 1.55. The lowest BCUT2D eigenvalue weighted by molar-refractivity contribution is -0.113. The van der Waals surface area contributed by atoms with Gasteiger partial charge in [-0.25, -0.2) is 0 Å². The van der Waals surface area contributed by atoms with Crippen molar-refractivity contribution in [2.75, 3.05) is 18.2 Å². The fourth-order valence-corrected chi connectivity index (χ4v) is 4.80. The molecule has 0 atom stereocenters. The SMILES string of the molecule is COc1ccccc1-n1c(CNC(=O)c2ccc(Cl)cc2Cl)nnc1SCC(=O)Nc1cccc(C)c1. The fraction of sp³-hybridized carbons (Fsp3) is 0.154. The second-order valence-corrected chi connectivity index (χ2v) is 9.71. The Morgan fingerprint density at radius 3 is 2.59 bits per heavy atom. The number of nitrogens with zero attached hydrogens (tertiary/aromatic N) is 3. The summed E-state index contributed by atoms with van der Waals surface area (Å²) in [7, 11) is 1.56. The number of halogens is 2.